The Balaban J connectivity index is 1.97. The van der Waals surface area contributed by atoms with Gasteiger partial charge in [0.15, 0.2) is 0 Å². The molecule has 1 N–H and O–H groups in total. The van der Waals surface area contributed by atoms with Crippen LogP contribution in [0.3, 0.4) is 0 Å². The molecule has 0 unspecified atom stereocenters. The number of hydrogen-bond donors (Lipinski definition) is 1. The predicted octanol–water partition coefficient (Wildman–Crippen LogP) is 4.83. The normalized spacial score (nSPS) is 11.9. The maximum Gasteiger partial charge on any atom is 0.264 e. The number of benzene rings is 3. The molecule has 8 nitrogen and oxygen atoms in total. The number of sulfonamides is 1. The van der Waals surface area contributed by atoms with E-state index in [4.69, 9.17) is 4.74 Å². The van der Waals surface area contributed by atoms with E-state index in [0.29, 0.717) is 18.0 Å². The molecular formula is C29H34IN3O5S. The summed E-state index contributed by atoms with van der Waals surface area (Å²) >= 11 is 2.14. The topological polar surface area (TPSA) is 96.0 Å². The molecule has 39 heavy (non-hydrogen) atoms. The molecule has 0 spiro atoms. The first-order valence-electron chi connectivity index (χ1n) is 12.7. The van der Waals surface area contributed by atoms with E-state index < -0.39 is 28.5 Å². The third-order valence-corrected chi connectivity index (χ3v) is 8.74. The number of rotatable bonds is 13. The Hall–Kier alpha value is -3.12. The summed E-state index contributed by atoms with van der Waals surface area (Å²) in [7, 11) is -2.51. The van der Waals surface area contributed by atoms with Gasteiger partial charge in [-0.2, -0.15) is 0 Å². The number of hydrogen-bond acceptors (Lipinski definition) is 5. The van der Waals surface area contributed by atoms with Crippen molar-refractivity contribution in [2.75, 3.05) is 24.5 Å². The van der Waals surface area contributed by atoms with Crippen LogP contribution < -0.4 is 14.4 Å². The average Bonchev–Trinajstić information content (AvgIpc) is 2.95. The molecule has 0 aliphatic rings. The molecule has 208 valence electrons. The predicted molar refractivity (Wildman–Crippen MR) is 161 cm³/mol. The molecule has 3 aromatic rings. The lowest BCUT2D eigenvalue weighted by Gasteiger charge is -2.32. The Kier molecular flexibility index (Phi) is 11.2. The number of unbranched alkanes of at least 4 members (excludes halogenated alkanes) is 1. The smallest absolute Gasteiger partial charge is 0.264 e. The van der Waals surface area contributed by atoms with Crippen LogP contribution in [0.5, 0.6) is 5.75 Å². The van der Waals surface area contributed by atoms with Crippen LogP contribution in [0.1, 0.15) is 32.3 Å². The van der Waals surface area contributed by atoms with Crippen LogP contribution in [-0.2, 0) is 26.2 Å². The van der Waals surface area contributed by atoms with Crippen molar-refractivity contribution in [1.29, 1.82) is 0 Å². The molecule has 0 heterocycles. The number of nitrogens with one attached hydrogen (secondary N) is 1. The van der Waals surface area contributed by atoms with Gasteiger partial charge in [0.05, 0.1) is 17.7 Å². The van der Waals surface area contributed by atoms with E-state index in [0.717, 1.165) is 26.3 Å². The summed E-state index contributed by atoms with van der Waals surface area (Å²) in [5.74, 6) is -0.125. The zero-order valence-corrected chi connectivity index (χ0v) is 25.3. The molecule has 0 fully saturated rings. The Bertz CT molecular complexity index is 1330. The number of anilines is 1. The average molecular weight is 664 g/mol. The van der Waals surface area contributed by atoms with E-state index in [2.05, 4.69) is 27.9 Å². The molecule has 0 radical (unpaired) electrons. The first kappa shape index (κ1) is 30.4. The van der Waals surface area contributed by atoms with Gasteiger partial charge in [-0.15, -0.1) is 0 Å². The monoisotopic (exact) mass is 663 g/mol. The van der Waals surface area contributed by atoms with E-state index in [1.807, 2.05) is 19.1 Å². The van der Waals surface area contributed by atoms with Crippen LogP contribution in [-0.4, -0.2) is 51.4 Å². The van der Waals surface area contributed by atoms with Crippen LogP contribution in [0, 0.1) is 3.57 Å². The number of methoxy groups -OCH3 is 1. The van der Waals surface area contributed by atoms with Gasteiger partial charge in [0.1, 0.15) is 18.3 Å². The number of amides is 2. The second kappa shape index (κ2) is 14.3. The lowest BCUT2D eigenvalue weighted by Crippen LogP contribution is -2.51. The summed E-state index contributed by atoms with van der Waals surface area (Å²) in [5.41, 5.74) is 1.14. The molecule has 3 aromatic carbocycles. The van der Waals surface area contributed by atoms with E-state index in [-0.39, 0.29) is 17.3 Å². The SMILES string of the molecule is CCCCNC(=O)[C@@H](C)N(Cc1ccc(OC)cc1)C(=O)CN(c1ccc(I)cc1)S(=O)(=O)c1ccccc1. The Morgan fingerprint density at radius 2 is 1.62 bits per heavy atom. The quantitative estimate of drug-likeness (QED) is 0.209. The van der Waals surface area contributed by atoms with Crippen LogP contribution in [0.25, 0.3) is 0 Å². The largest absolute Gasteiger partial charge is 0.497 e. The van der Waals surface area contributed by atoms with Crippen LogP contribution >= 0.6 is 22.6 Å². The van der Waals surface area contributed by atoms with Gasteiger partial charge in [0, 0.05) is 16.7 Å². The summed E-state index contributed by atoms with van der Waals surface area (Å²) in [6.07, 6.45) is 1.74. The zero-order valence-electron chi connectivity index (χ0n) is 22.3. The molecule has 0 saturated carbocycles. The highest BCUT2D eigenvalue weighted by Gasteiger charge is 2.32. The van der Waals surface area contributed by atoms with Gasteiger partial charge in [0.25, 0.3) is 10.0 Å². The Morgan fingerprint density at radius 1 is 0.974 bits per heavy atom. The molecule has 0 aliphatic carbocycles. The highest BCUT2D eigenvalue weighted by molar-refractivity contribution is 14.1. The first-order valence-corrected chi connectivity index (χ1v) is 15.2. The van der Waals surface area contributed by atoms with E-state index in [9.17, 15) is 18.0 Å². The summed E-state index contributed by atoms with van der Waals surface area (Å²) in [4.78, 5) is 28.4. The number of halogens is 1. The maximum absolute atomic E-state index is 13.9. The molecule has 0 saturated heterocycles. The van der Waals surface area contributed by atoms with Crippen molar-refractivity contribution < 1.29 is 22.7 Å². The van der Waals surface area contributed by atoms with Crippen molar-refractivity contribution in [3.8, 4) is 5.75 Å². The summed E-state index contributed by atoms with van der Waals surface area (Å²) in [6, 6.07) is 21.3. The van der Waals surface area contributed by atoms with Gasteiger partial charge in [-0.3, -0.25) is 13.9 Å². The van der Waals surface area contributed by atoms with Crippen molar-refractivity contribution in [1.82, 2.24) is 10.2 Å². The van der Waals surface area contributed by atoms with Crippen molar-refractivity contribution in [3.63, 3.8) is 0 Å². The van der Waals surface area contributed by atoms with Crippen LogP contribution in [0.4, 0.5) is 5.69 Å². The lowest BCUT2D eigenvalue weighted by atomic mass is 10.1. The van der Waals surface area contributed by atoms with Crippen LogP contribution in [0.15, 0.2) is 83.8 Å². The molecule has 10 heteroatoms. The van der Waals surface area contributed by atoms with Crippen molar-refractivity contribution in [3.05, 3.63) is 88.0 Å². The fourth-order valence-corrected chi connectivity index (χ4v) is 5.70. The second-order valence-electron chi connectivity index (χ2n) is 8.99. The van der Waals surface area contributed by atoms with Gasteiger partial charge in [-0.05, 0) is 90.0 Å². The molecule has 0 aromatic heterocycles. The van der Waals surface area contributed by atoms with E-state index in [1.165, 1.54) is 17.0 Å². The maximum atomic E-state index is 13.9. The number of carbonyl (C=O) groups excluding carboxylic acids is 2. The number of ether oxygens (including phenoxy) is 1. The van der Waals surface area contributed by atoms with Crippen molar-refractivity contribution in [2.24, 2.45) is 0 Å². The van der Waals surface area contributed by atoms with E-state index in [1.54, 1.807) is 68.6 Å². The van der Waals surface area contributed by atoms with Gasteiger partial charge >= 0.3 is 0 Å². The first-order chi connectivity index (χ1) is 18.7. The fraction of sp³-hybridized carbons (Fsp3) is 0.310. The lowest BCUT2D eigenvalue weighted by molar-refractivity contribution is -0.139. The fourth-order valence-electron chi connectivity index (χ4n) is 3.90. The minimum absolute atomic E-state index is 0.0726. The Morgan fingerprint density at radius 3 is 2.21 bits per heavy atom. The minimum Gasteiger partial charge on any atom is -0.497 e. The van der Waals surface area contributed by atoms with Gasteiger partial charge in [0.2, 0.25) is 11.8 Å². The van der Waals surface area contributed by atoms with E-state index >= 15 is 0 Å². The van der Waals surface area contributed by atoms with Crippen LogP contribution in [0.2, 0.25) is 0 Å². The summed E-state index contributed by atoms with van der Waals surface area (Å²) < 4.78 is 34.7. The van der Waals surface area contributed by atoms with Crippen molar-refractivity contribution in [2.45, 2.75) is 44.2 Å². The molecule has 3 rings (SSSR count). The molecule has 1 atom stereocenters. The molecule has 2 amide bonds. The van der Waals surface area contributed by atoms with Gasteiger partial charge < -0.3 is 15.0 Å². The summed E-state index contributed by atoms with van der Waals surface area (Å²) in [5, 5.41) is 2.88. The zero-order chi connectivity index (χ0) is 28.4. The highest BCUT2D eigenvalue weighted by Crippen LogP contribution is 2.25. The molecule has 0 aliphatic heterocycles. The highest BCUT2D eigenvalue weighted by atomic mass is 127. The van der Waals surface area contributed by atoms with Gasteiger partial charge in [-0.1, -0.05) is 43.7 Å². The third-order valence-electron chi connectivity index (χ3n) is 6.23. The van der Waals surface area contributed by atoms with Gasteiger partial charge in [-0.25, -0.2) is 8.42 Å². The molecule has 0 bridgehead atoms. The number of nitrogens with zero attached hydrogens (tertiary/aromatic N) is 2. The summed E-state index contributed by atoms with van der Waals surface area (Å²) in [6.45, 7) is 3.84. The van der Waals surface area contributed by atoms with Crippen molar-refractivity contribution >= 4 is 50.1 Å². The minimum atomic E-state index is -4.07. The third kappa shape index (κ3) is 8.18. The molecular weight excluding hydrogens is 629 g/mol. The number of carbonyl (C=O) groups is 2. The Labute approximate surface area is 244 Å². The standard InChI is InChI=1S/C29H34IN3O5S/c1-4-5-19-31-29(35)22(2)32(20-23-11-17-26(38-3)18-12-23)28(34)21-33(25-15-13-24(30)14-16-25)39(36,37)27-9-7-6-8-10-27/h6-18,22H,4-5,19-21H2,1-3H3,(H,31,35)/t22-/m1/s1. The second-order valence-corrected chi connectivity index (χ2v) is 12.1.